The molecule has 0 bridgehead atoms. The second-order valence-corrected chi connectivity index (χ2v) is 5.44. The van der Waals surface area contributed by atoms with Crippen molar-refractivity contribution in [3.8, 4) is 5.75 Å². The van der Waals surface area contributed by atoms with Gasteiger partial charge in [-0.1, -0.05) is 24.3 Å². The molecule has 24 heavy (non-hydrogen) atoms. The van der Waals surface area contributed by atoms with Crippen molar-refractivity contribution in [2.75, 3.05) is 25.5 Å². The number of rotatable bonds is 8. The molecule has 0 heterocycles. The van der Waals surface area contributed by atoms with E-state index in [0.29, 0.717) is 12.1 Å². The Morgan fingerprint density at radius 3 is 2.62 bits per heavy atom. The Kier molecular flexibility index (Phi) is 6.37. The summed E-state index contributed by atoms with van der Waals surface area (Å²) in [5.41, 5.74) is 2.49. The van der Waals surface area contributed by atoms with Crippen LogP contribution >= 0.6 is 0 Å². The highest BCUT2D eigenvalue weighted by molar-refractivity contribution is 5.95. The fraction of sp³-hybridized carbons (Fsp3) is 0.263. The third-order valence-electron chi connectivity index (χ3n) is 3.59. The summed E-state index contributed by atoms with van der Waals surface area (Å²) in [6.45, 7) is 2.24. The summed E-state index contributed by atoms with van der Waals surface area (Å²) >= 11 is 0. The number of ether oxygens (including phenoxy) is 1. The number of carbonyl (C=O) groups is 2. The highest BCUT2D eigenvalue weighted by Gasteiger charge is 2.04. The van der Waals surface area contributed by atoms with E-state index in [9.17, 15) is 9.59 Å². The first-order valence-electron chi connectivity index (χ1n) is 7.83. The van der Waals surface area contributed by atoms with Crippen LogP contribution in [-0.4, -0.2) is 31.9 Å². The van der Waals surface area contributed by atoms with Crippen LogP contribution in [0.5, 0.6) is 5.75 Å². The molecule has 0 fully saturated rings. The highest BCUT2D eigenvalue weighted by Crippen LogP contribution is 2.13. The molecule has 0 spiro atoms. The smallest absolute Gasteiger partial charge is 0.239 e. The molecule has 2 rings (SSSR count). The van der Waals surface area contributed by atoms with E-state index in [1.54, 1.807) is 25.3 Å². The lowest BCUT2D eigenvalue weighted by Crippen LogP contribution is -2.31. The van der Waals surface area contributed by atoms with Crippen molar-refractivity contribution in [2.24, 2.45) is 0 Å². The molecule has 0 aliphatic rings. The molecule has 0 radical (unpaired) electrons. The van der Waals surface area contributed by atoms with Gasteiger partial charge >= 0.3 is 0 Å². The van der Waals surface area contributed by atoms with Crippen LogP contribution < -0.4 is 15.4 Å². The maximum Gasteiger partial charge on any atom is 0.239 e. The largest absolute Gasteiger partial charge is 0.497 e. The van der Waals surface area contributed by atoms with Crippen molar-refractivity contribution in [1.82, 2.24) is 5.32 Å². The molecule has 0 aliphatic carbocycles. The molecule has 0 aromatic heterocycles. The Hall–Kier alpha value is -2.82. The van der Waals surface area contributed by atoms with Gasteiger partial charge in [0.2, 0.25) is 5.91 Å². The summed E-state index contributed by atoms with van der Waals surface area (Å²) < 4.78 is 5.17. The van der Waals surface area contributed by atoms with Gasteiger partial charge in [-0.3, -0.25) is 9.59 Å². The lowest BCUT2D eigenvalue weighted by Gasteiger charge is -2.09. The highest BCUT2D eigenvalue weighted by atomic mass is 16.5. The van der Waals surface area contributed by atoms with Crippen molar-refractivity contribution in [1.29, 1.82) is 0 Å². The van der Waals surface area contributed by atoms with E-state index in [4.69, 9.17) is 4.74 Å². The second kappa shape index (κ2) is 8.72. The SMILES string of the molecule is COc1cccc(CCNC(=O)CNc2cccc(C(C)=O)c2)c1. The predicted molar refractivity (Wildman–Crippen MR) is 94.6 cm³/mol. The quantitative estimate of drug-likeness (QED) is 0.732. The van der Waals surface area contributed by atoms with E-state index in [0.717, 1.165) is 23.4 Å². The van der Waals surface area contributed by atoms with Gasteiger partial charge in [-0.05, 0) is 43.2 Å². The third-order valence-corrected chi connectivity index (χ3v) is 3.59. The Morgan fingerprint density at radius 2 is 1.88 bits per heavy atom. The minimum Gasteiger partial charge on any atom is -0.497 e. The van der Waals surface area contributed by atoms with Gasteiger partial charge in [0.05, 0.1) is 13.7 Å². The molecule has 2 N–H and O–H groups in total. The molecule has 0 saturated carbocycles. The Balaban J connectivity index is 1.75. The first-order valence-corrected chi connectivity index (χ1v) is 7.83. The average Bonchev–Trinajstić information content (AvgIpc) is 2.60. The molecule has 5 heteroatoms. The van der Waals surface area contributed by atoms with Gasteiger partial charge in [-0.25, -0.2) is 0 Å². The van der Waals surface area contributed by atoms with Crippen LogP contribution in [0.1, 0.15) is 22.8 Å². The molecule has 2 aromatic rings. The monoisotopic (exact) mass is 326 g/mol. The summed E-state index contributed by atoms with van der Waals surface area (Å²) in [4.78, 5) is 23.2. The van der Waals surface area contributed by atoms with Gasteiger partial charge in [-0.15, -0.1) is 0 Å². The van der Waals surface area contributed by atoms with E-state index in [1.807, 2.05) is 30.3 Å². The molecule has 1 amide bonds. The molecule has 5 nitrogen and oxygen atoms in total. The summed E-state index contributed by atoms with van der Waals surface area (Å²) in [5, 5.41) is 5.89. The number of amides is 1. The summed E-state index contributed by atoms with van der Waals surface area (Å²) in [6.07, 6.45) is 0.739. The fourth-order valence-electron chi connectivity index (χ4n) is 2.27. The summed E-state index contributed by atoms with van der Waals surface area (Å²) in [6, 6.07) is 14.9. The molecule has 2 aromatic carbocycles. The molecular formula is C19H22N2O3. The van der Waals surface area contributed by atoms with E-state index < -0.39 is 0 Å². The minimum atomic E-state index is -0.0916. The Morgan fingerprint density at radius 1 is 1.08 bits per heavy atom. The number of anilines is 1. The molecule has 0 atom stereocenters. The van der Waals surface area contributed by atoms with Crippen molar-refractivity contribution in [3.05, 3.63) is 59.7 Å². The number of carbonyl (C=O) groups excluding carboxylic acids is 2. The number of benzene rings is 2. The molecule has 0 unspecified atom stereocenters. The van der Waals surface area contributed by atoms with E-state index >= 15 is 0 Å². The van der Waals surface area contributed by atoms with Crippen LogP contribution in [0.4, 0.5) is 5.69 Å². The summed E-state index contributed by atoms with van der Waals surface area (Å²) in [5.74, 6) is 0.721. The van der Waals surface area contributed by atoms with Crippen LogP contribution in [0.25, 0.3) is 0 Å². The molecule has 0 aliphatic heterocycles. The Labute approximate surface area is 142 Å². The lowest BCUT2D eigenvalue weighted by atomic mass is 10.1. The fourth-order valence-corrected chi connectivity index (χ4v) is 2.27. The van der Waals surface area contributed by atoms with Gasteiger partial charge in [0, 0.05) is 17.8 Å². The van der Waals surface area contributed by atoms with Crippen LogP contribution in [-0.2, 0) is 11.2 Å². The minimum absolute atomic E-state index is 0.00129. The maximum absolute atomic E-state index is 11.9. The van der Waals surface area contributed by atoms with Gasteiger partial charge < -0.3 is 15.4 Å². The number of Topliss-reactive ketones (excluding diaryl/α,β-unsaturated/α-hetero) is 1. The predicted octanol–water partition coefficient (Wildman–Crippen LogP) is 2.67. The van der Waals surface area contributed by atoms with Crippen LogP contribution in [0.15, 0.2) is 48.5 Å². The molecule has 126 valence electrons. The van der Waals surface area contributed by atoms with Gasteiger partial charge in [-0.2, -0.15) is 0 Å². The van der Waals surface area contributed by atoms with Gasteiger partial charge in [0.25, 0.3) is 0 Å². The number of nitrogens with one attached hydrogen (secondary N) is 2. The van der Waals surface area contributed by atoms with E-state index in [-0.39, 0.29) is 18.2 Å². The van der Waals surface area contributed by atoms with Crippen LogP contribution in [0, 0.1) is 0 Å². The van der Waals surface area contributed by atoms with Gasteiger partial charge in [0.15, 0.2) is 5.78 Å². The third kappa shape index (κ3) is 5.43. The second-order valence-electron chi connectivity index (χ2n) is 5.44. The number of ketones is 1. The lowest BCUT2D eigenvalue weighted by molar-refractivity contribution is -0.119. The van der Waals surface area contributed by atoms with Crippen molar-refractivity contribution >= 4 is 17.4 Å². The first-order chi connectivity index (χ1) is 11.6. The van der Waals surface area contributed by atoms with Crippen molar-refractivity contribution < 1.29 is 14.3 Å². The number of hydrogen-bond acceptors (Lipinski definition) is 4. The average molecular weight is 326 g/mol. The summed E-state index contributed by atoms with van der Waals surface area (Å²) in [7, 11) is 1.63. The number of hydrogen-bond donors (Lipinski definition) is 2. The van der Waals surface area contributed by atoms with Crippen molar-refractivity contribution in [2.45, 2.75) is 13.3 Å². The zero-order chi connectivity index (χ0) is 17.4. The zero-order valence-electron chi connectivity index (χ0n) is 14.0. The Bertz CT molecular complexity index is 713. The standard InChI is InChI=1S/C19H22N2O3/c1-14(22)16-6-4-7-17(12-16)21-13-19(23)20-10-9-15-5-3-8-18(11-15)24-2/h3-8,11-12,21H,9-10,13H2,1-2H3,(H,20,23). The van der Waals surface area contributed by atoms with E-state index in [2.05, 4.69) is 10.6 Å². The van der Waals surface area contributed by atoms with Crippen molar-refractivity contribution in [3.63, 3.8) is 0 Å². The van der Waals surface area contributed by atoms with Crippen LogP contribution in [0.3, 0.4) is 0 Å². The molecular weight excluding hydrogens is 304 g/mol. The van der Waals surface area contributed by atoms with Crippen LogP contribution in [0.2, 0.25) is 0 Å². The number of methoxy groups -OCH3 is 1. The zero-order valence-corrected chi connectivity index (χ0v) is 14.0. The normalized spacial score (nSPS) is 10.1. The van der Waals surface area contributed by atoms with Gasteiger partial charge in [0.1, 0.15) is 5.75 Å². The first kappa shape index (κ1) is 17.5. The van der Waals surface area contributed by atoms with E-state index in [1.165, 1.54) is 6.92 Å². The maximum atomic E-state index is 11.9. The topological polar surface area (TPSA) is 67.4 Å². The molecule has 0 saturated heterocycles.